The zero-order chi connectivity index (χ0) is 25.5. The summed E-state index contributed by atoms with van der Waals surface area (Å²) in [5.74, 6) is -2.78. The van der Waals surface area contributed by atoms with Crippen LogP contribution in [0.4, 0.5) is 13.6 Å². The molecule has 1 aromatic carbocycles. The molecule has 2 fully saturated rings. The lowest BCUT2D eigenvalue weighted by Crippen LogP contribution is -2.54. The molecule has 3 atom stereocenters. The van der Waals surface area contributed by atoms with Gasteiger partial charge in [0.05, 0.1) is 5.60 Å². The molecule has 0 aromatic heterocycles. The quantitative estimate of drug-likeness (QED) is 0.350. The molecule has 3 rings (SSSR count). The number of halogens is 3. The second-order valence-corrected chi connectivity index (χ2v) is 10.7. The van der Waals surface area contributed by atoms with Crippen molar-refractivity contribution in [2.75, 3.05) is 40.4 Å². The Morgan fingerprint density at radius 2 is 2.14 bits per heavy atom. The number of carbonyl (C=O) groups is 1. The lowest BCUT2D eigenvalue weighted by atomic mass is 9.74. The summed E-state index contributed by atoms with van der Waals surface area (Å²) in [4.78, 5) is 14.9. The van der Waals surface area contributed by atoms with E-state index in [-0.39, 0.29) is 36.8 Å². The number of rotatable bonds is 12. The molecule has 0 bridgehead atoms. The molecule has 35 heavy (non-hydrogen) atoms. The fraction of sp³-hybridized carbons (Fsp3) is 0.731. The maximum atomic E-state index is 13.3. The van der Waals surface area contributed by atoms with E-state index in [2.05, 4.69) is 10.6 Å². The van der Waals surface area contributed by atoms with Crippen molar-refractivity contribution in [1.29, 1.82) is 0 Å². The molecule has 0 radical (unpaired) electrons. The van der Waals surface area contributed by atoms with Crippen LogP contribution in [0.5, 0.6) is 0 Å². The number of urea groups is 1. The third-order valence-corrected chi connectivity index (χ3v) is 7.67. The van der Waals surface area contributed by atoms with Crippen LogP contribution in [-0.2, 0) is 10.3 Å². The number of hydrogen-bond donors (Lipinski definition) is 3. The predicted octanol–water partition coefficient (Wildman–Crippen LogP) is 4.79. The molecule has 1 aliphatic carbocycles. The lowest BCUT2D eigenvalue weighted by molar-refractivity contribution is -0.113. The second-order valence-electron chi connectivity index (χ2n) is 10.2. The van der Waals surface area contributed by atoms with Crippen molar-refractivity contribution in [1.82, 2.24) is 15.5 Å². The summed E-state index contributed by atoms with van der Waals surface area (Å²) in [5, 5.41) is 18.7. The molecule has 6 nitrogen and oxygen atoms in total. The van der Waals surface area contributed by atoms with E-state index in [0.717, 1.165) is 31.2 Å². The van der Waals surface area contributed by atoms with Crippen molar-refractivity contribution in [3.05, 3.63) is 34.9 Å². The molecular weight excluding hydrogens is 476 g/mol. The zero-order valence-electron chi connectivity index (χ0n) is 20.9. The summed E-state index contributed by atoms with van der Waals surface area (Å²) in [7, 11) is 3.46. The smallest absolute Gasteiger partial charge is 0.317 e. The number of piperidine rings is 1. The Morgan fingerprint density at radius 3 is 2.80 bits per heavy atom. The van der Waals surface area contributed by atoms with Crippen molar-refractivity contribution < 1.29 is 23.4 Å². The monoisotopic (exact) mass is 515 g/mol. The number of carbonyl (C=O) groups excluding carboxylic acids is 1. The van der Waals surface area contributed by atoms with E-state index in [1.54, 1.807) is 25.1 Å². The number of alkyl halides is 2. The molecule has 1 aliphatic heterocycles. The largest absolute Gasteiger partial charge is 0.385 e. The van der Waals surface area contributed by atoms with Gasteiger partial charge in [0.25, 0.3) is 0 Å². The number of hydrogen-bond acceptors (Lipinski definition) is 4. The number of benzene rings is 1. The Kier molecular flexibility index (Phi) is 10.2. The van der Waals surface area contributed by atoms with E-state index in [4.69, 9.17) is 16.3 Å². The molecule has 3 N–H and O–H groups in total. The van der Waals surface area contributed by atoms with E-state index in [0.29, 0.717) is 44.1 Å². The maximum Gasteiger partial charge on any atom is 0.317 e. The number of unbranched alkanes of at least 4 members (excludes halogenated alkanes) is 1. The first-order valence-electron chi connectivity index (χ1n) is 12.7. The van der Waals surface area contributed by atoms with Crippen molar-refractivity contribution in [3.63, 3.8) is 0 Å². The Hall–Kier alpha value is -1.48. The number of likely N-dealkylation sites (tertiary alicyclic amines) is 1. The average Bonchev–Trinajstić information content (AvgIpc) is 2.80. The molecule has 1 saturated heterocycles. The van der Waals surface area contributed by atoms with Crippen LogP contribution in [0, 0.1) is 11.8 Å². The van der Waals surface area contributed by atoms with Gasteiger partial charge in [0.2, 0.25) is 5.92 Å². The zero-order valence-corrected chi connectivity index (χ0v) is 21.6. The molecule has 1 aromatic rings. The van der Waals surface area contributed by atoms with Crippen molar-refractivity contribution in [2.24, 2.45) is 11.8 Å². The highest BCUT2D eigenvalue weighted by Crippen LogP contribution is 2.44. The SMILES string of the molecule is CNC[C@H](CC1CC(F)(F)C1)NC(=O)N1CCC[C@@H]([C@@](O)(CCCCOC)c2cccc(Cl)c2)C1. The topological polar surface area (TPSA) is 73.8 Å². The van der Waals surface area contributed by atoms with Gasteiger partial charge in [0.1, 0.15) is 0 Å². The molecule has 0 unspecified atom stereocenters. The van der Waals surface area contributed by atoms with Crippen molar-refractivity contribution >= 4 is 17.6 Å². The van der Waals surface area contributed by atoms with E-state index < -0.39 is 11.5 Å². The Bertz CT molecular complexity index is 823. The molecule has 0 spiro atoms. The van der Waals surface area contributed by atoms with Gasteiger partial charge in [-0.05, 0) is 69.2 Å². The molecular formula is C26H40ClF2N3O3. The first kappa shape index (κ1) is 28.1. The van der Waals surface area contributed by atoms with Gasteiger partial charge < -0.3 is 25.4 Å². The van der Waals surface area contributed by atoms with Crippen LogP contribution in [-0.4, -0.2) is 68.4 Å². The molecule has 1 saturated carbocycles. The molecule has 2 amide bonds. The van der Waals surface area contributed by atoms with E-state index in [1.807, 2.05) is 18.2 Å². The van der Waals surface area contributed by atoms with Gasteiger partial charge >= 0.3 is 6.03 Å². The van der Waals surface area contributed by atoms with Crippen LogP contribution in [0.1, 0.15) is 56.9 Å². The minimum atomic E-state index is -2.56. The molecule has 198 valence electrons. The summed E-state index contributed by atoms with van der Waals surface area (Å²) in [6.45, 7) is 2.18. The predicted molar refractivity (Wildman–Crippen MR) is 134 cm³/mol. The van der Waals surface area contributed by atoms with Gasteiger partial charge in [-0.2, -0.15) is 0 Å². The first-order chi connectivity index (χ1) is 16.7. The molecule has 9 heteroatoms. The number of nitrogens with zero attached hydrogens (tertiary/aromatic N) is 1. The fourth-order valence-corrected chi connectivity index (χ4v) is 5.78. The van der Waals surface area contributed by atoms with Crippen molar-refractivity contribution in [2.45, 2.75) is 68.9 Å². The summed E-state index contributed by atoms with van der Waals surface area (Å²) in [5.41, 5.74) is -0.340. The van der Waals surface area contributed by atoms with E-state index >= 15 is 0 Å². The van der Waals surface area contributed by atoms with Gasteiger partial charge in [-0.15, -0.1) is 0 Å². The van der Waals surface area contributed by atoms with Gasteiger partial charge in [0, 0.05) is 63.2 Å². The number of ether oxygens (including phenoxy) is 1. The number of amides is 2. The van der Waals surface area contributed by atoms with Gasteiger partial charge in [-0.1, -0.05) is 23.7 Å². The summed E-state index contributed by atoms with van der Waals surface area (Å²) >= 11 is 6.26. The third kappa shape index (κ3) is 7.75. The average molecular weight is 516 g/mol. The summed E-state index contributed by atoms with van der Waals surface area (Å²) < 4.78 is 31.7. The van der Waals surface area contributed by atoms with Gasteiger partial charge in [-0.3, -0.25) is 0 Å². The van der Waals surface area contributed by atoms with Crippen LogP contribution in [0.15, 0.2) is 24.3 Å². The molecule has 2 aliphatic rings. The number of methoxy groups -OCH3 is 1. The van der Waals surface area contributed by atoms with Crippen LogP contribution >= 0.6 is 11.6 Å². The number of aliphatic hydroxyl groups is 1. The third-order valence-electron chi connectivity index (χ3n) is 7.44. The first-order valence-corrected chi connectivity index (χ1v) is 13.1. The van der Waals surface area contributed by atoms with E-state index in [9.17, 15) is 18.7 Å². The maximum absolute atomic E-state index is 13.3. The van der Waals surface area contributed by atoms with Gasteiger partial charge in [0.15, 0.2) is 0 Å². The standard InChI is InChI=1S/C26H40ClF2N3O3/c1-30-17-23(13-19-15-25(28,29)16-19)31-24(33)32-11-6-8-21(18-32)26(34,10-3-4-12-35-2)20-7-5-9-22(27)14-20/h5,7,9,14,19,21,23,30,34H,3-4,6,8,10-13,15-18H2,1-2H3,(H,31,33)/t21-,23+,26-/m1/s1. The van der Waals surface area contributed by atoms with Crippen LogP contribution < -0.4 is 10.6 Å². The van der Waals surface area contributed by atoms with Crippen molar-refractivity contribution in [3.8, 4) is 0 Å². The molecule has 1 heterocycles. The highest BCUT2D eigenvalue weighted by atomic mass is 35.5. The highest BCUT2D eigenvalue weighted by Gasteiger charge is 2.46. The fourth-order valence-electron chi connectivity index (χ4n) is 5.59. The minimum absolute atomic E-state index is 0.0715. The van der Waals surface area contributed by atoms with Crippen LogP contribution in [0.25, 0.3) is 0 Å². The van der Waals surface area contributed by atoms with Crippen LogP contribution in [0.2, 0.25) is 5.02 Å². The Labute approximate surface area is 212 Å². The summed E-state index contributed by atoms with van der Waals surface area (Å²) in [6, 6.07) is 6.94. The second kappa shape index (κ2) is 12.7. The lowest BCUT2D eigenvalue weighted by Gasteiger charge is -2.43. The van der Waals surface area contributed by atoms with Gasteiger partial charge in [-0.25, -0.2) is 13.6 Å². The highest BCUT2D eigenvalue weighted by molar-refractivity contribution is 6.30. The Morgan fingerprint density at radius 1 is 1.37 bits per heavy atom. The number of likely N-dealkylation sites (N-methyl/N-ethyl adjacent to an activating group) is 1. The van der Waals surface area contributed by atoms with E-state index in [1.165, 1.54) is 0 Å². The normalized spacial score (nSPS) is 22.8. The minimum Gasteiger partial charge on any atom is -0.385 e. The van der Waals surface area contributed by atoms with Crippen LogP contribution in [0.3, 0.4) is 0 Å². The summed E-state index contributed by atoms with van der Waals surface area (Å²) in [6.07, 6.45) is 4.08. The number of nitrogens with one attached hydrogen (secondary N) is 2. The Balaban J connectivity index is 1.67.